The highest BCUT2D eigenvalue weighted by molar-refractivity contribution is 9.10. The van der Waals surface area contributed by atoms with Crippen molar-refractivity contribution in [1.82, 2.24) is 4.98 Å². The lowest BCUT2D eigenvalue weighted by Gasteiger charge is -2.11. The van der Waals surface area contributed by atoms with Crippen molar-refractivity contribution in [2.45, 2.75) is 0 Å². The standard InChI is InChI=1S/C15H12BrN5O4/c1-24-13-7-10(6-12(16)15(13)25-5-4-17)8-19-20-14-3-2-11(9-18-14)21(22)23/h2-3,6-9H,5H2,1H3,(H,18,20)/b19-8-. The molecule has 1 heterocycles. The smallest absolute Gasteiger partial charge is 0.287 e. The number of hydrogen-bond donors (Lipinski definition) is 1. The van der Waals surface area contributed by atoms with Crippen molar-refractivity contribution in [2.75, 3.05) is 19.1 Å². The number of rotatable bonds is 7. The van der Waals surface area contributed by atoms with Crippen LogP contribution in [0.3, 0.4) is 0 Å². The summed E-state index contributed by atoms with van der Waals surface area (Å²) in [5.74, 6) is 1.23. The Kier molecular flexibility index (Phi) is 6.25. The molecule has 1 aromatic carbocycles. The molecular weight excluding hydrogens is 394 g/mol. The molecule has 25 heavy (non-hydrogen) atoms. The number of hydrazone groups is 1. The van der Waals surface area contributed by atoms with E-state index in [1.807, 2.05) is 6.07 Å². The van der Waals surface area contributed by atoms with Gasteiger partial charge in [-0.3, -0.25) is 15.5 Å². The van der Waals surface area contributed by atoms with Crippen molar-refractivity contribution in [1.29, 1.82) is 5.26 Å². The third-order valence-corrected chi connectivity index (χ3v) is 3.47. The van der Waals surface area contributed by atoms with E-state index in [9.17, 15) is 10.1 Å². The largest absolute Gasteiger partial charge is 0.493 e. The molecule has 0 amide bonds. The SMILES string of the molecule is COc1cc(/C=N\Nc2ccc([N+](=O)[O-])cn2)cc(Br)c1OCC#N. The van der Waals surface area contributed by atoms with Crippen molar-refractivity contribution >= 4 is 33.6 Å². The van der Waals surface area contributed by atoms with E-state index in [-0.39, 0.29) is 12.3 Å². The number of methoxy groups -OCH3 is 1. The van der Waals surface area contributed by atoms with Crippen LogP contribution in [0.4, 0.5) is 11.5 Å². The maximum absolute atomic E-state index is 10.6. The number of aromatic nitrogens is 1. The predicted molar refractivity (Wildman–Crippen MR) is 93.9 cm³/mol. The molecule has 0 aliphatic rings. The number of halogens is 1. The number of nitriles is 1. The van der Waals surface area contributed by atoms with Gasteiger partial charge in [0, 0.05) is 6.07 Å². The molecule has 2 aromatic rings. The number of benzene rings is 1. The van der Waals surface area contributed by atoms with Crippen LogP contribution in [-0.4, -0.2) is 29.8 Å². The summed E-state index contributed by atoms with van der Waals surface area (Å²) in [6.45, 7) is -0.101. The molecule has 0 bridgehead atoms. The van der Waals surface area contributed by atoms with Crippen LogP contribution in [0.15, 0.2) is 40.0 Å². The Labute approximate surface area is 151 Å². The lowest BCUT2D eigenvalue weighted by molar-refractivity contribution is -0.385. The molecule has 0 saturated carbocycles. The van der Waals surface area contributed by atoms with Crippen molar-refractivity contribution in [2.24, 2.45) is 5.10 Å². The maximum atomic E-state index is 10.6. The number of ether oxygens (including phenoxy) is 2. The summed E-state index contributed by atoms with van der Waals surface area (Å²) in [5.41, 5.74) is 3.27. The quantitative estimate of drug-likeness (QED) is 0.426. The summed E-state index contributed by atoms with van der Waals surface area (Å²) >= 11 is 3.35. The zero-order valence-corrected chi connectivity index (χ0v) is 14.6. The second-order valence-corrected chi connectivity index (χ2v) is 5.36. The minimum absolute atomic E-state index is 0.101. The molecular formula is C15H12BrN5O4. The van der Waals surface area contributed by atoms with Gasteiger partial charge in [-0.1, -0.05) is 0 Å². The van der Waals surface area contributed by atoms with Gasteiger partial charge >= 0.3 is 0 Å². The Morgan fingerprint density at radius 1 is 1.52 bits per heavy atom. The van der Waals surface area contributed by atoms with Gasteiger partial charge in [0.25, 0.3) is 5.69 Å². The molecule has 0 aliphatic heterocycles. The first kappa shape index (κ1) is 18.2. The van der Waals surface area contributed by atoms with E-state index in [0.29, 0.717) is 27.4 Å². The van der Waals surface area contributed by atoms with Gasteiger partial charge in [0.15, 0.2) is 18.1 Å². The van der Waals surface area contributed by atoms with E-state index in [4.69, 9.17) is 14.7 Å². The van der Waals surface area contributed by atoms with Crippen LogP contribution >= 0.6 is 15.9 Å². The number of hydrogen-bond acceptors (Lipinski definition) is 8. The normalized spacial score (nSPS) is 10.3. The first-order chi connectivity index (χ1) is 12.0. The predicted octanol–water partition coefficient (Wildman–Crippen LogP) is 3.11. The minimum Gasteiger partial charge on any atom is -0.493 e. The Balaban J connectivity index is 2.11. The van der Waals surface area contributed by atoms with E-state index >= 15 is 0 Å². The van der Waals surface area contributed by atoms with Crippen molar-refractivity contribution in [3.05, 3.63) is 50.6 Å². The molecule has 9 nitrogen and oxygen atoms in total. The highest BCUT2D eigenvalue weighted by Gasteiger charge is 2.11. The third-order valence-electron chi connectivity index (χ3n) is 2.88. The van der Waals surface area contributed by atoms with Gasteiger partial charge < -0.3 is 9.47 Å². The number of anilines is 1. The fourth-order valence-corrected chi connectivity index (χ4v) is 2.37. The zero-order chi connectivity index (χ0) is 18.2. The van der Waals surface area contributed by atoms with Crippen molar-refractivity contribution in [3.8, 4) is 17.6 Å². The van der Waals surface area contributed by atoms with Gasteiger partial charge in [-0.2, -0.15) is 10.4 Å². The van der Waals surface area contributed by atoms with Crippen LogP contribution in [0, 0.1) is 21.4 Å². The molecule has 0 atom stereocenters. The lowest BCUT2D eigenvalue weighted by atomic mass is 10.2. The summed E-state index contributed by atoms with van der Waals surface area (Å²) in [4.78, 5) is 13.9. The molecule has 1 aromatic heterocycles. The highest BCUT2D eigenvalue weighted by atomic mass is 79.9. The Hall–Kier alpha value is -3.19. The van der Waals surface area contributed by atoms with Crippen LogP contribution in [0.1, 0.15) is 5.56 Å². The monoisotopic (exact) mass is 405 g/mol. The first-order valence-corrected chi connectivity index (χ1v) is 7.61. The topological polar surface area (TPSA) is 123 Å². The van der Waals surface area contributed by atoms with Crippen LogP contribution in [-0.2, 0) is 0 Å². The number of pyridine rings is 1. The second kappa shape index (κ2) is 8.60. The molecule has 10 heteroatoms. The van der Waals surface area contributed by atoms with Gasteiger partial charge in [-0.15, -0.1) is 0 Å². The Bertz CT molecular complexity index is 833. The Morgan fingerprint density at radius 2 is 2.32 bits per heavy atom. The lowest BCUT2D eigenvalue weighted by Crippen LogP contribution is -1.99. The van der Waals surface area contributed by atoms with Crippen molar-refractivity contribution in [3.63, 3.8) is 0 Å². The van der Waals surface area contributed by atoms with Gasteiger partial charge in [0.2, 0.25) is 0 Å². The van der Waals surface area contributed by atoms with E-state index in [0.717, 1.165) is 6.20 Å². The number of nitrogens with one attached hydrogen (secondary N) is 1. The Morgan fingerprint density at radius 3 is 2.92 bits per heavy atom. The zero-order valence-electron chi connectivity index (χ0n) is 13.0. The van der Waals surface area contributed by atoms with E-state index in [2.05, 4.69) is 31.4 Å². The molecule has 0 unspecified atom stereocenters. The number of nitro groups is 1. The van der Waals surface area contributed by atoms with Gasteiger partial charge in [-0.25, -0.2) is 4.98 Å². The summed E-state index contributed by atoms with van der Waals surface area (Å²) in [6.07, 6.45) is 2.66. The third kappa shape index (κ3) is 4.89. The minimum atomic E-state index is -0.528. The van der Waals surface area contributed by atoms with Crippen molar-refractivity contribution < 1.29 is 14.4 Å². The fraction of sp³-hybridized carbons (Fsp3) is 0.133. The van der Waals surface area contributed by atoms with Gasteiger partial charge in [0.05, 0.1) is 22.7 Å². The highest BCUT2D eigenvalue weighted by Crippen LogP contribution is 2.36. The molecule has 0 spiro atoms. The second-order valence-electron chi connectivity index (χ2n) is 4.51. The first-order valence-electron chi connectivity index (χ1n) is 6.82. The molecule has 0 fully saturated rings. The summed E-state index contributed by atoms with van der Waals surface area (Å²) < 4.78 is 11.2. The van der Waals surface area contributed by atoms with Crippen LogP contribution in [0.2, 0.25) is 0 Å². The summed E-state index contributed by atoms with van der Waals surface area (Å²) in [5, 5.41) is 23.2. The molecule has 128 valence electrons. The van der Waals surface area contributed by atoms with Gasteiger partial charge in [-0.05, 0) is 39.7 Å². The average molecular weight is 406 g/mol. The fourth-order valence-electron chi connectivity index (χ4n) is 1.79. The molecule has 1 N–H and O–H groups in total. The summed E-state index contributed by atoms with van der Waals surface area (Å²) in [6, 6.07) is 8.09. The molecule has 0 radical (unpaired) electrons. The van der Waals surface area contributed by atoms with E-state index < -0.39 is 4.92 Å². The molecule has 0 aliphatic carbocycles. The van der Waals surface area contributed by atoms with Crippen LogP contribution in [0.5, 0.6) is 11.5 Å². The number of nitrogens with zero attached hydrogens (tertiary/aromatic N) is 4. The maximum Gasteiger partial charge on any atom is 0.287 e. The summed E-state index contributed by atoms with van der Waals surface area (Å²) in [7, 11) is 1.49. The van der Waals surface area contributed by atoms with Gasteiger partial charge in [0.1, 0.15) is 18.1 Å². The van der Waals surface area contributed by atoms with E-state index in [1.54, 1.807) is 12.1 Å². The molecule has 2 rings (SSSR count). The molecule has 0 saturated heterocycles. The average Bonchev–Trinajstić information content (AvgIpc) is 2.61. The van der Waals surface area contributed by atoms with Crippen LogP contribution < -0.4 is 14.9 Å². The van der Waals surface area contributed by atoms with E-state index in [1.165, 1.54) is 25.5 Å². The van der Waals surface area contributed by atoms with Crippen LogP contribution in [0.25, 0.3) is 0 Å².